The molecule has 0 bridgehead atoms. The van der Waals surface area contributed by atoms with Crippen LogP contribution in [0, 0.1) is 0 Å². The molecule has 1 atom stereocenters. The molecule has 126 valence electrons. The summed E-state index contributed by atoms with van der Waals surface area (Å²) < 4.78 is 12.2. The van der Waals surface area contributed by atoms with Crippen LogP contribution in [0.3, 0.4) is 0 Å². The summed E-state index contributed by atoms with van der Waals surface area (Å²) in [5.41, 5.74) is 4.20. The first-order valence-corrected chi connectivity index (χ1v) is 8.07. The van der Waals surface area contributed by atoms with Gasteiger partial charge in [-0.15, -0.1) is 0 Å². The highest BCUT2D eigenvalue weighted by molar-refractivity contribution is 5.78. The van der Waals surface area contributed by atoms with Gasteiger partial charge in [0.25, 0.3) is 0 Å². The zero-order valence-corrected chi connectivity index (χ0v) is 13.8. The van der Waals surface area contributed by atoms with Crippen molar-refractivity contribution in [2.45, 2.75) is 39.2 Å². The minimum absolute atomic E-state index is 0.225. The summed E-state index contributed by atoms with van der Waals surface area (Å²) in [6.07, 6.45) is 2.79. The van der Waals surface area contributed by atoms with Crippen molar-refractivity contribution in [3.63, 3.8) is 0 Å². The van der Waals surface area contributed by atoms with Crippen LogP contribution in [0.2, 0.25) is 0 Å². The second-order valence-corrected chi connectivity index (χ2v) is 5.69. The Morgan fingerprint density at radius 1 is 1.29 bits per heavy atom. The van der Waals surface area contributed by atoms with Gasteiger partial charge in [0.15, 0.2) is 0 Å². The number of fused-ring (bicyclic) bond motifs is 3. The van der Waals surface area contributed by atoms with Crippen molar-refractivity contribution in [2.75, 3.05) is 6.61 Å². The largest absolute Gasteiger partial charge is 0.463 e. The van der Waals surface area contributed by atoms with E-state index < -0.39 is 18.0 Å². The van der Waals surface area contributed by atoms with E-state index in [1.165, 1.54) is 12.5 Å². The normalized spacial score (nSPS) is 13.6. The molecule has 0 spiro atoms. The van der Waals surface area contributed by atoms with E-state index in [0.717, 1.165) is 29.9 Å². The molecule has 2 heterocycles. The number of hydrogen-bond acceptors (Lipinski definition) is 5. The number of aromatic nitrogens is 2. The molecule has 0 N–H and O–H groups in total. The van der Waals surface area contributed by atoms with E-state index in [1.807, 2.05) is 16.7 Å². The third kappa shape index (κ3) is 3.18. The molecule has 0 amide bonds. The van der Waals surface area contributed by atoms with Crippen molar-refractivity contribution in [3.8, 4) is 5.69 Å². The summed E-state index contributed by atoms with van der Waals surface area (Å²) >= 11 is 0. The number of benzene rings is 1. The van der Waals surface area contributed by atoms with Gasteiger partial charge in [-0.3, -0.25) is 4.79 Å². The number of ether oxygens (including phenoxy) is 2. The molecule has 1 aliphatic rings. The first kappa shape index (κ1) is 16.2. The Bertz CT molecular complexity index is 766. The average Bonchev–Trinajstić information content (AvgIpc) is 2.97. The van der Waals surface area contributed by atoms with Gasteiger partial charge in [-0.1, -0.05) is 18.2 Å². The smallest absolute Gasteiger partial charge is 0.347 e. The molecule has 6 nitrogen and oxygen atoms in total. The molecule has 0 saturated carbocycles. The lowest BCUT2D eigenvalue weighted by Crippen LogP contribution is -2.31. The van der Waals surface area contributed by atoms with Crippen molar-refractivity contribution < 1.29 is 19.1 Å². The van der Waals surface area contributed by atoms with E-state index in [1.54, 1.807) is 13.3 Å². The van der Waals surface area contributed by atoms with Crippen LogP contribution in [-0.4, -0.2) is 34.2 Å². The fraction of sp³-hybridized carbons (Fsp3) is 0.389. The number of hydrogen-bond donors (Lipinski definition) is 0. The summed E-state index contributed by atoms with van der Waals surface area (Å²) in [4.78, 5) is 27.8. The predicted octanol–water partition coefficient (Wildman–Crippen LogP) is 2.01. The highest BCUT2D eigenvalue weighted by Gasteiger charge is 2.28. The molecule has 1 aromatic heterocycles. The Balaban J connectivity index is 1.87. The standard InChI is InChI=1S/C18H20N2O4/c1-3-23-18(22)17(24-12(2)21)10-14-16-9-8-13-6-4-5-7-15(13)20(16)11-19-14/h4-7,11,17H,3,8-10H2,1-2H3. The zero-order valence-electron chi connectivity index (χ0n) is 13.8. The maximum Gasteiger partial charge on any atom is 0.347 e. The highest BCUT2D eigenvalue weighted by atomic mass is 16.6. The van der Waals surface area contributed by atoms with Crippen LogP contribution in [0.15, 0.2) is 30.6 Å². The van der Waals surface area contributed by atoms with E-state index >= 15 is 0 Å². The van der Waals surface area contributed by atoms with Crippen molar-refractivity contribution in [3.05, 3.63) is 47.5 Å². The Kier molecular flexibility index (Phi) is 4.64. The topological polar surface area (TPSA) is 70.4 Å². The summed E-state index contributed by atoms with van der Waals surface area (Å²) in [5.74, 6) is -1.04. The number of aryl methyl sites for hydroxylation is 1. The second-order valence-electron chi connectivity index (χ2n) is 5.69. The minimum atomic E-state index is -0.959. The van der Waals surface area contributed by atoms with Crippen molar-refractivity contribution in [1.29, 1.82) is 0 Å². The van der Waals surface area contributed by atoms with E-state index in [4.69, 9.17) is 9.47 Å². The van der Waals surface area contributed by atoms with Crippen molar-refractivity contribution in [1.82, 2.24) is 9.55 Å². The molecule has 1 aromatic carbocycles. The number of para-hydroxylation sites is 1. The lowest BCUT2D eigenvalue weighted by Gasteiger charge is -2.20. The van der Waals surface area contributed by atoms with Gasteiger partial charge in [0.1, 0.15) is 0 Å². The molecule has 1 unspecified atom stereocenters. The van der Waals surface area contributed by atoms with Crippen molar-refractivity contribution >= 4 is 11.9 Å². The second kappa shape index (κ2) is 6.86. The molecule has 0 saturated heterocycles. The Labute approximate surface area is 140 Å². The van der Waals surface area contributed by atoms with Gasteiger partial charge in [-0.2, -0.15) is 0 Å². The summed E-state index contributed by atoms with van der Waals surface area (Å²) in [7, 11) is 0. The molecule has 3 rings (SSSR count). The highest BCUT2D eigenvalue weighted by Crippen LogP contribution is 2.27. The van der Waals surface area contributed by atoms with Crippen LogP contribution >= 0.6 is 0 Å². The average molecular weight is 328 g/mol. The summed E-state index contributed by atoms with van der Waals surface area (Å²) in [6, 6.07) is 8.18. The molecule has 6 heteroatoms. The summed E-state index contributed by atoms with van der Waals surface area (Å²) in [6.45, 7) is 3.24. The minimum Gasteiger partial charge on any atom is -0.463 e. The van der Waals surface area contributed by atoms with E-state index in [9.17, 15) is 9.59 Å². The van der Waals surface area contributed by atoms with E-state index in [0.29, 0.717) is 0 Å². The predicted molar refractivity (Wildman–Crippen MR) is 86.9 cm³/mol. The van der Waals surface area contributed by atoms with E-state index in [-0.39, 0.29) is 13.0 Å². The van der Waals surface area contributed by atoms with Gasteiger partial charge in [-0.25, -0.2) is 9.78 Å². The maximum absolute atomic E-state index is 12.0. The number of rotatable bonds is 5. The third-order valence-corrected chi connectivity index (χ3v) is 4.07. The van der Waals surface area contributed by atoms with Crippen LogP contribution in [0.5, 0.6) is 0 Å². The van der Waals surface area contributed by atoms with Gasteiger partial charge in [0.2, 0.25) is 6.10 Å². The maximum atomic E-state index is 12.0. The Hall–Kier alpha value is -2.63. The van der Waals surface area contributed by atoms with Crippen LogP contribution in [-0.2, 0) is 38.3 Å². The number of imidazole rings is 1. The van der Waals surface area contributed by atoms with Crippen molar-refractivity contribution in [2.24, 2.45) is 0 Å². The molecule has 1 aliphatic heterocycles. The van der Waals surface area contributed by atoms with Crippen LogP contribution in [0.25, 0.3) is 5.69 Å². The molecule has 0 aliphatic carbocycles. The van der Waals surface area contributed by atoms with Gasteiger partial charge in [0, 0.05) is 24.7 Å². The van der Waals surface area contributed by atoms with E-state index in [2.05, 4.69) is 17.1 Å². The van der Waals surface area contributed by atoms with Crippen LogP contribution < -0.4 is 0 Å². The lowest BCUT2D eigenvalue weighted by atomic mass is 9.99. The van der Waals surface area contributed by atoms with Gasteiger partial charge < -0.3 is 14.0 Å². The molecule has 0 fully saturated rings. The lowest BCUT2D eigenvalue weighted by molar-refractivity contribution is -0.166. The number of carbonyl (C=O) groups excluding carboxylic acids is 2. The molecule has 2 aromatic rings. The van der Waals surface area contributed by atoms with Gasteiger partial charge in [0.05, 0.1) is 18.6 Å². The number of carbonyl (C=O) groups is 2. The Morgan fingerprint density at radius 3 is 2.83 bits per heavy atom. The zero-order chi connectivity index (χ0) is 17.1. The number of nitrogens with zero attached hydrogens (tertiary/aromatic N) is 2. The molecular weight excluding hydrogens is 308 g/mol. The van der Waals surface area contributed by atoms with Crippen LogP contribution in [0.4, 0.5) is 0 Å². The van der Waals surface area contributed by atoms with Crippen LogP contribution in [0.1, 0.15) is 30.8 Å². The molecule has 0 radical (unpaired) electrons. The molecular formula is C18H20N2O4. The monoisotopic (exact) mass is 328 g/mol. The molecule has 24 heavy (non-hydrogen) atoms. The van der Waals surface area contributed by atoms with Gasteiger partial charge in [-0.05, 0) is 31.4 Å². The summed E-state index contributed by atoms with van der Waals surface area (Å²) in [5, 5.41) is 0. The van der Waals surface area contributed by atoms with Gasteiger partial charge >= 0.3 is 11.9 Å². The quantitative estimate of drug-likeness (QED) is 0.785. The first-order chi connectivity index (χ1) is 11.6. The number of esters is 2. The first-order valence-electron chi connectivity index (χ1n) is 8.07. The third-order valence-electron chi connectivity index (χ3n) is 4.07. The Morgan fingerprint density at radius 2 is 2.08 bits per heavy atom. The fourth-order valence-corrected chi connectivity index (χ4v) is 3.05. The SMILES string of the molecule is CCOC(=O)C(Cc1ncn2c1CCc1ccccc1-2)OC(C)=O. The fourth-order valence-electron chi connectivity index (χ4n) is 3.05.